The zero-order chi connectivity index (χ0) is 14.9. The first-order valence-electron chi connectivity index (χ1n) is 6.17. The number of ether oxygens (including phenoxy) is 2. The van der Waals surface area contributed by atoms with Crippen molar-refractivity contribution in [2.45, 2.75) is 32.7 Å². The fourth-order valence-corrected chi connectivity index (χ4v) is 1.69. The normalized spacial score (nSPS) is 16.8. The number of amides is 1. The second-order valence-corrected chi connectivity index (χ2v) is 5.42. The van der Waals surface area contributed by atoms with Crippen molar-refractivity contribution in [2.75, 3.05) is 5.32 Å². The molecule has 0 saturated heterocycles. The molecule has 0 saturated carbocycles. The van der Waals surface area contributed by atoms with Gasteiger partial charge in [-0.15, -0.1) is 0 Å². The fraction of sp³-hybridized carbons (Fsp3) is 0.417. The number of nitrogens with one attached hydrogen (secondary N) is 2. The minimum Gasteiger partial charge on any atom is -0.450 e. The molecule has 1 aromatic carbocycles. The largest absolute Gasteiger partial charge is 0.488 e. The Bertz CT molecular complexity index is 515. The smallest absolute Gasteiger partial charge is 0.450 e. The number of rotatable bonds is 2. The van der Waals surface area contributed by atoms with Crippen LogP contribution >= 0.6 is 0 Å². The van der Waals surface area contributed by atoms with Crippen molar-refractivity contribution in [3.05, 3.63) is 18.2 Å². The van der Waals surface area contributed by atoms with E-state index in [9.17, 15) is 4.79 Å². The highest BCUT2D eigenvalue weighted by Crippen LogP contribution is 2.29. The standard InChI is InChI=1S/C12H17BN2O5/c1-12(2,3)20-11(16)15-10-14-8-5-4-7(13(17)18)6-9(8)19-10/h4-6,10,14,17-18H,1-3H3,(H,15,16). The Morgan fingerprint density at radius 1 is 1.45 bits per heavy atom. The number of anilines is 1. The summed E-state index contributed by atoms with van der Waals surface area (Å²) in [7, 11) is -1.57. The third-order valence-electron chi connectivity index (χ3n) is 2.48. The molecule has 4 N–H and O–H groups in total. The first kappa shape index (κ1) is 14.5. The minimum atomic E-state index is -1.57. The lowest BCUT2D eigenvalue weighted by atomic mass is 9.80. The number of carbonyl (C=O) groups is 1. The lowest BCUT2D eigenvalue weighted by Crippen LogP contribution is -2.44. The average Bonchev–Trinajstić information content (AvgIpc) is 2.66. The van der Waals surface area contributed by atoms with Crippen molar-refractivity contribution in [3.63, 3.8) is 0 Å². The minimum absolute atomic E-state index is 0.309. The highest BCUT2D eigenvalue weighted by molar-refractivity contribution is 6.58. The van der Waals surface area contributed by atoms with Crippen molar-refractivity contribution in [3.8, 4) is 5.75 Å². The molecular weight excluding hydrogens is 263 g/mol. The van der Waals surface area contributed by atoms with Crippen molar-refractivity contribution < 1.29 is 24.3 Å². The summed E-state index contributed by atoms with van der Waals surface area (Å²) in [5, 5.41) is 23.6. The predicted molar refractivity (Wildman–Crippen MR) is 73.7 cm³/mol. The maximum atomic E-state index is 11.6. The van der Waals surface area contributed by atoms with Gasteiger partial charge in [-0.1, -0.05) is 6.07 Å². The molecule has 0 spiro atoms. The molecule has 1 amide bonds. The summed E-state index contributed by atoms with van der Waals surface area (Å²) in [5.41, 5.74) is 0.364. The van der Waals surface area contributed by atoms with Crippen LogP contribution in [0.5, 0.6) is 5.75 Å². The van der Waals surface area contributed by atoms with Gasteiger partial charge in [0.2, 0.25) is 0 Å². The van der Waals surface area contributed by atoms with E-state index in [1.54, 1.807) is 32.9 Å². The number of fused-ring (bicyclic) bond motifs is 1. The van der Waals surface area contributed by atoms with E-state index in [1.165, 1.54) is 6.07 Å². The number of hydrogen-bond donors (Lipinski definition) is 4. The van der Waals surface area contributed by atoms with Gasteiger partial charge in [-0.2, -0.15) is 0 Å². The second-order valence-electron chi connectivity index (χ2n) is 5.42. The van der Waals surface area contributed by atoms with E-state index in [1.807, 2.05) is 0 Å². The van der Waals surface area contributed by atoms with Gasteiger partial charge in [0, 0.05) is 0 Å². The van der Waals surface area contributed by atoms with Gasteiger partial charge in [0.25, 0.3) is 6.35 Å². The highest BCUT2D eigenvalue weighted by atomic mass is 16.6. The predicted octanol–water partition coefficient (Wildman–Crippen LogP) is -0.0210. The number of alkyl carbamates (subject to hydrolysis) is 1. The third-order valence-corrected chi connectivity index (χ3v) is 2.48. The number of hydrogen-bond acceptors (Lipinski definition) is 6. The van der Waals surface area contributed by atoms with E-state index >= 15 is 0 Å². The molecule has 1 aliphatic heterocycles. The van der Waals surface area contributed by atoms with Crippen molar-refractivity contribution in [2.24, 2.45) is 0 Å². The molecule has 2 rings (SSSR count). The molecule has 0 bridgehead atoms. The van der Waals surface area contributed by atoms with Crippen LogP contribution in [0.25, 0.3) is 0 Å². The molecular formula is C12H17BN2O5. The summed E-state index contributed by atoms with van der Waals surface area (Å²) < 4.78 is 10.5. The fourth-order valence-electron chi connectivity index (χ4n) is 1.69. The van der Waals surface area contributed by atoms with Crippen LogP contribution in [0.2, 0.25) is 0 Å². The molecule has 8 heteroatoms. The second kappa shape index (κ2) is 5.22. The van der Waals surface area contributed by atoms with E-state index in [0.717, 1.165) is 0 Å². The molecule has 0 aliphatic carbocycles. The van der Waals surface area contributed by atoms with Crippen molar-refractivity contribution >= 4 is 24.4 Å². The summed E-state index contributed by atoms with van der Waals surface area (Å²) in [4.78, 5) is 11.6. The Labute approximate surface area is 117 Å². The van der Waals surface area contributed by atoms with E-state index in [-0.39, 0.29) is 0 Å². The van der Waals surface area contributed by atoms with Crippen LogP contribution in [0.4, 0.5) is 10.5 Å². The molecule has 1 heterocycles. The first-order valence-corrected chi connectivity index (χ1v) is 6.17. The highest BCUT2D eigenvalue weighted by Gasteiger charge is 2.27. The van der Waals surface area contributed by atoms with Crippen LogP contribution in [-0.2, 0) is 4.74 Å². The molecule has 1 unspecified atom stereocenters. The average molecular weight is 280 g/mol. The topological polar surface area (TPSA) is 100 Å². The summed E-state index contributed by atoms with van der Waals surface area (Å²) in [6.45, 7) is 5.29. The van der Waals surface area contributed by atoms with Crippen LogP contribution in [0.1, 0.15) is 20.8 Å². The monoisotopic (exact) mass is 280 g/mol. The summed E-state index contributed by atoms with van der Waals surface area (Å²) in [5.74, 6) is 0.427. The molecule has 0 fully saturated rings. The van der Waals surface area contributed by atoms with E-state index < -0.39 is 25.2 Å². The molecule has 20 heavy (non-hydrogen) atoms. The quantitative estimate of drug-likeness (QED) is 0.568. The SMILES string of the molecule is CC(C)(C)OC(=O)NC1Nc2ccc(B(O)O)cc2O1. The maximum absolute atomic E-state index is 11.6. The summed E-state index contributed by atoms with van der Waals surface area (Å²) >= 11 is 0. The Kier molecular flexibility index (Phi) is 3.78. The molecule has 1 atom stereocenters. The van der Waals surface area contributed by atoms with Crippen LogP contribution in [-0.4, -0.2) is 35.2 Å². The van der Waals surface area contributed by atoms with E-state index in [0.29, 0.717) is 16.9 Å². The summed E-state index contributed by atoms with van der Waals surface area (Å²) in [6.07, 6.45) is -1.36. The molecule has 1 aromatic rings. The molecule has 0 aromatic heterocycles. The molecule has 0 radical (unpaired) electrons. The van der Waals surface area contributed by atoms with Crippen molar-refractivity contribution in [1.29, 1.82) is 0 Å². The Morgan fingerprint density at radius 2 is 2.15 bits per heavy atom. The van der Waals surface area contributed by atoms with Gasteiger partial charge >= 0.3 is 13.2 Å². The molecule has 1 aliphatic rings. The lowest BCUT2D eigenvalue weighted by Gasteiger charge is -2.21. The van der Waals surface area contributed by atoms with Gasteiger partial charge in [0.05, 0.1) is 5.69 Å². The number of benzene rings is 1. The van der Waals surface area contributed by atoms with Gasteiger partial charge in [0.1, 0.15) is 11.4 Å². The van der Waals surface area contributed by atoms with Crippen LogP contribution in [0.15, 0.2) is 18.2 Å². The van der Waals surface area contributed by atoms with Gasteiger partial charge < -0.3 is 24.8 Å². The maximum Gasteiger partial charge on any atom is 0.488 e. The lowest BCUT2D eigenvalue weighted by molar-refractivity contribution is 0.0436. The Hall–Kier alpha value is -1.93. The van der Waals surface area contributed by atoms with Gasteiger partial charge in [-0.3, -0.25) is 5.32 Å². The van der Waals surface area contributed by atoms with Crippen LogP contribution in [0, 0.1) is 0 Å². The first-order chi connectivity index (χ1) is 9.24. The van der Waals surface area contributed by atoms with Crippen molar-refractivity contribution in [1.82, 2.24) is 5.32 Å². The van der Waals surface area contributed by atoms with E-state index in [2.05, 4.69) is 10.6 Å². The third kappa shape index (κ3) is 3.55. The number of carbonyl (C=O) groups excluding carboxylic acids is 1. The Morgan fingerprint density at radius 3 is 2.75 bits per heavy atom. The zero-order valence-electron chi connectivity index (χ0n) is 11.5. The zero-order valence-corrected chi connectivity index (χ0v) is 11.5. The molecule has 108 valence electrons. The van der Waals surface area contributed by atoms with Crippen LogP contribution in [0.3, 0.4) is 0 Å². The summed E-state index contributed by atoms with van der Waals surface area (Å²) in [6, 6.07) is 4.68. The van der Waals surface area contributed by atoms with Gasteiger partial charge in [-0.25, -0.2) is 4.79 Å². The van der Waals surface area contributed by atoms with E-state index in [4.69, 9.17) is 19.5 Å². The Balaban J connectivity index is 1.98. The van der Waals surface area contributed by atoms with Gasteiger partial charge in [-0.05, 0) is 38.4 Å². The van der Waals surface area contributed by atoms with Crippen LogP contribution < -0.4 is 20.8 Å². The molecule has 7 nitrogen and oxygen atoms in total. The van der Waals surface area contributed by atoms with Gasteiger partial charge in [0.15, 0.2) is 0 Å².